The molecule has 0 bridgehead atoms. The van der Waals surface area contributed by atoms with E-state index >= 15 is 0 Å². The van der Waals surface area contributed by atoms with Gasteiger partial charge in [0.05, 0.1) is 23.5 Å². The molecule has 2 fully saturated rings. The Hall–Kier alpha value is -2.49. The topological polar surface area (TPSA) is 129 Å². The summed E-state index contributed by atoms with van der Waals surface area (Å²) in [6, 6.07) is 0. The summed E-state index contributed by atoms with van der Waals surface area (Å²) < 4.78 is 23.0. The van der Waals surface area contributed by atoms with Crippen molar-refractivity contribution in [3.05, 3.63) is 36.5 Å². The molecule has 0 aromatic rings. The Balaban J connectivity index is 2.24. The van der Waals surface area contributed by atoms with E-state index in [1.54, 1.807) is 19.1 Å². The second-order valence-corrected chi connectivity index (χ2v) is 11.2. The fourth-order valence-electron chi connectivity index (χ4n) is 6.48. The van der Waals surface area contributed by atoms with Crippen LogP contribution in [0.2, 0.25) is 0 Å². The Bertz CT molecular complexity index is 1000. The van der Waals surface area contributed by atoms with Crippen LogP contribution in [-0.2, 0) is 33.3 Å². The van der Waals surface area contributed by atoms with Crippen molar-refractivity contribution in [3.8, 4) is 0 Å². The minimum absolute atomic E-state index is 0.283. The minimum Gasteiger partial charge on any atom is -0.458 e. The molecule has 0 radical (unpaired) electrons. The molecule has 1 saturated heterocycles. The Morgan fingerprint density at radius 1 is 1.21 bits per heavy atom. The minimum atomic E-state index is -1.44. The van der Waals surface area contributed by atoms with Gasteiger partial charge >= 0.3 is 17.9 Å². The first kappa shape index (κ1) is 30.1. The molecule has 2 N–H and O–H groups in total. The number of hydrogen-bond donors (Lipinski definition) is 2. The number of allylic oxidation sites excluding steroid dienone is 2. The largest absolute Gasteiger partial charge is 0.458 e. The number of aliphatic hydroxyl groups excluding tert-OH is 2. The lowest BCUT2D eigenvalue weighted by molar-refractivity contribution is -0.274. The lowest BCUT2D eigenvalue weighted by Gasteiger charge is -2.62. The molecule has 9 nitrogen and oxygen atoms in total. The van der Waals surface area contributed by atoms with Crippen molar-refractivity contribution < 1.29 is 43.5 Å². The van der Waals surface area contributed by atoms with Gasteiger partial charge in [-0.25, -0.2) is 0 Å². The zero-order valence-electron chi connectivity index (χ0n) is 23.3. The summed E-state index contributed by atoms with van der Waals surface area (Å²) in [6.45, 7) is 17.8. The van der Waals surface area contributed by atoms with E-state index in [1.807, 2.05) is 20.8 Å². The highest BCUT2D eigenvalue weighted by Gasteiger charge is 2.73. The van der Waals surface area contributed by atoms with Crippen molar-refractivity contribution >= 4 is 17.9 Å². The number of carbonyl (C=O) groups excluding carboxylic acids is 3. The van der Waals surface area contributed by atoms with Crippen LogP contribution in [0.3, 0.4) is 0 Å². The molecule has 1 aliphatic heterocycles. The molecule has 1 heterocycles. The van der Waals surface area contributed by atoms with Crippen molar-refractivity contribution in [3.63, 3.8) is 0 Å². The Kier molecular flexibility index (Phi) is 8.95. The molecule has 0 aromatic carbocycles. The summed E-state index contributed by atoms with van der Waals surface area (Å²) >= 11 is 0. The van der Waals surface area contributed by atoms with Crippen molar-refractivity contribution in [2.75, 3.05) is 0 Å². The molecule has 9 heteroatoms. The Morgan fingerprint density at radius 2 is 1.84 bits per heavy atom. The van der Waals surface area contributed by atoms with E-state index in [-0.39, 0.29) is 18.3 Å². The van der Waals surface area contributed by atoms with Gasteiger partial charge in [0, 0.05) is 19.4 Å². The van der Waals surface area contributed by atoms with E-state index in [4.69, 9.17) is 18.9 Å². The molecule has 1 saturated carbocycles. The van der Waals surface area contributed by atoms with Gasteiger partial charge in [-0.05, 0) is 49.0 Å². The highest BCUT2D eigenvalue weighted by atomic mass is 16.8. The average molecular weight is 535 g/mol. The van der Waals surface area contributed by atoms with E-state index in [9.17, 15) is 24.6 Å². The van der Waals surface area contributed by atoms with Crippen molar-refractivity contribution in [2.24, 2.45) is 28.6 Å². The fraction of sp³-hybridized carbons (Fsp3) is 0.690. The maximum absolute atomic E-state index is 12.8. The molecular weight excluding hydrogens is 492 g/mol. The molecule has 212 valence electrons. The molecular formula is C29H42O9. The first-order valence-electron chi connectivity index (χ1n) is 13.3. The molecule has 3 aliphatic rings. The summed E-state index contributed by atoms with van der Waals surface area (Å²) in [7, 11) is 0. The van der Waals surface area contributed by atoms with Crippen LogP contribution in [0.1, 0.15) is 67.2 Å². The molecule has 10 atom stereocenters. The number of esters is 3. The summed E-state index contributed by atoms with van der Waals surface area (Å²) in [4.78, 5) is 37.0. The fourth-order valence-corrected chi connectivity index (χ4v) is 6.48. The lowest BCUT2D eigenvalue weighted by atomic mass is 9.44. The van der Waals surface area contributed by atoms with E-state index in [0.29, 0.717) is 24.8 Å². The second kappa shape index (κ2) is 11.3. The number of ether oxygens (including phenoxy) is 4. The van der Waals surface area contributed by atoms with Crippen LogP contribution in [0.25, 0.3) is 0 Å². The molecule has 1 spiro atoms. The SMILES string of the molecule is C=CC(=C)CC[C@]1(C)[C@H]2C[C@H](OC(=O)[C@H](C)CC)C=C3[C@H](OC(C)=O)O[C@H](OC(C)=O)[C@@]32[C@H](O)[C@H](O)[C@@H]1C. The molecule has 0 unspecified atom stereocenters. The monoisotopic (exact) mass is 534 g/mol. The van der Waals surface area contributed by atoms with Crippen LogP contribution in [0.15, 0.2) is 36.5 Å². The summed E-state index contributed by atoms with van der Waals surface area (Å²) in [5.74, 6) is -2.89. The maximum Gasteiger partial charge on any atom is 0.309 e. The summed E-state index contributed by atoms with van der Waals surface area (Å²) in [5.41, 5.74) is -0.972. The third kappa shape index (κ3) is 5.08. The van der Waals surface area contributed by atoms with Gasteiger partial charge in [-0.2, -0.15) is 0 Å². The smallest absolute Gasteiger partial charge is 0.309 e. The third-order valence-electron chi connectivity index (χ3n) is 9.06. The van der Waals surface area contributed by atoms with Crippen LogP contribution < -0.4 is 0 Å². The van der Waals surface area contributed by atoms with E-state index in [2.05, 4.69) is 13.2 Å². The van der Waals surface area contributed by atoms with Gasteiger partial charge in [-0.3, -0.25) is 19.1 Å². The van der Waals surface area contributed by atoms with Crippen molar-refractivity contribution in [2.45, 2.75) is 98.1 Å². The van der Waals surface area contributed by atoms with Gasteiger partial charge < -0.3 is 24.4 Å². The number of aliphatic hydroxyl groups is 2. The van der Waals surface area contributed by atoms with Gasteiger partial charge in [0.15, 0.2) is 0 Å². The summed E-state index contributed by atoms with van der Waals surface area (Å²) in [6.07, 6.45) is -0.661. The molecule has 3 rings (SSSR count). The van der Waals surface area contributed by atoms with Gasteiger partial charge in [-0.15, -0.1) is 0 Å². The van der Waals surface area contributed by atoms with Crippen LogP contribution in [0.5, 0.6) is 0 Å². The first-order chi connectivity index (χ1) is 17.7. The average Bonchev–Trinajstić information content (AvgIpc) is 3.15. The molecule has 0 aromatic heterocycles. The third-order valence-corrected chi connectivity index (χ3v) is 9.06. The van der Waals surface area contributed by atoms with Crippen LogP contribution >= 0.6 is 0 Å². The number of rotatable bonds is 9. The van der Waals surface area contributed by atoms with Gasteiger partial charge in [0.25, 0.3) is 0 Å². The van der Waals surface area contributed by atoms with E-state index in [0.717, 1.165) is 5.57 Å². The zero-order chi connectivity index (χ0) is 28.6. The van der Waals surface area contributed by atoms with Crippen LogP contribution in [0, 0.1) is 28.6 Å². The quantitative estimate of drug-likeness (QED) is 0.197. The standard InChI is InChI=1S/C29H42O9/c1-9-15(3)11-12-28(8)17(5)23(32)24(33)29-21(26(35-18(6)30)38-27(29)36-19(7)31)13-20(14-22(28)29)37-25(34)16(4)10-2/h9,13,16-17,20,22-24,26-27,32-33H,1,3,10-12,14H2,2,4-8H3/t16-,17+,20-,22-,23-,24-,26-,27+,28+,29+/m1/s1. The normalized spacial score (nSPS) is 38.6. The molecule has 38 heavy (non-hydrogen) atoms. The zero-order valence-corrected chi connectivity index (χ0v) is 23.3. The number of carbonyl (C=O) groups is 3. The van der Waals surface area contributed by atoms with Gasteiger partial charge in [0.1, 0.15) is 6.10 Å². The number of hydrogen-bond acceptors (Lipinski definition) is 9. The second-order valence-electron chi connectivity index (χ2n) is 11.2. The predicted molar refractivity (Wildman–Crippen MR) is 138 cm³/mol. The van der Waals surface area contributed by atoms with Gasteiger partial charge in [-0.1, -0.05) is 52.5 Å². The van der Waals surface area contributed by atoms with E-state index < -0.39 is 65.5 Å². The van der Waals surface area contributed by atoms with E-state index in [1.165, 1.54) is 13.8 Å². The molecule has 0 amide bonds. The Morgan fingerprint density at radius 3 is 2.39 bits per heavy atom. The highest BCUT2D eigenvalue weighted by molar-refractivity contribution is 5.72. The lowest BCUT2D eigenvalue weighted by Crippen LogP contribution is -2.68. The van der Waals surface area contributed by atoms with Crippen LogP contribution in [-0.4, -0.2) is 59.0 Å². The van der Waals surface area contributed by atoms with Crippen LogP contribution in [0.4, 0.5) is 0 Å². The highest BCUT2D eigenvalue weighted by Crippen LogP contribution is 2.67. The van der Waals surface area contributed by atoms with Gasteiger partial charge in [0.2, 0.25) is 12.6 Å². The Labute approximate surface area is 224 Å². The summed E-state index contributed by atoms with van der Waals surface area (Å²) in [5, 5.41) is 23.2. The van der Waals surface area contributed by atoms with Crippen molar-refractivity contribution in [1.82, 2.24) is 0 Å². The molecule has 2 aliphatic carbocycles. The maximum atomic E-state index is 12.8. The predicted octanol–water partition coefficient (Wildman–Crippen LogP) is 3.59. The first-order valence-corrected chi connectivity index (χ1v) is 13.3. The van der Waals surface area contributed by atoms with Crippen molar-refractivity contribution in [1.29, 1.82) is 0 Å².